The minimum absolute atomic E-state index is 0.101. The lowest BCUT2D eigenvalue weighted by Gasteiger charge is -2.41. The highest BCUT2D eigenvalue weighted by Crippen LogP contribution is 2.28. The van der Waals surface area contributed by atoms with Crippen LogP contribution in [0, 0.1) is 5.82 Å². The minimum Gasteiger partial charge on any atom is -0.444 e. The van der Waals surface area contributed by atoms with Gasteiger partial charge < -0.3 is 14.2 Å². The van der Waals surface area contributed by atoms with E-state index in [4.69, 9.17) is 14.2 Å². The molecule has 0 aliphatic carbocycles. The number of amides is 1. The van der Waals surface area contributed by atoms with E-state index in [1.165, 1.54) is 31.4 Å². The number of rotatable bonds is 5. The Morgan fingerprint density at radius 1 is 1.39 bits per heavy atom. The van der Waals surface area contributed by atoms with Crippen LogP contribution in [0.5, 0.6) is 0 Å². The highest BCUT2D eigenvalue weighted by molar-refractivity contribution is 5.66. The summed E-state index contributed by atoms with van der Waals surface area (Å²) >= 11 is 0. The van der Waals surface area contributed by atoms with Gasteiger partial charge in [0.05, 0.1) is 6.54 Å². The molecular weight excluding hydrogens is 310 g/mol. The standard InChI is InChI=1S/C15H20F2N2O4/c1-21-15(22-2)7-8-19(9-13(15)17)18-14(20)23-10-11-5-3-4-6-12(11)16/h3-6,13H,7-10H2,1-2H3,(H,18,20). The Morgan fingerprint density at radius 3 is 2.70 bits per heavy atom. The number of nitrogens with zero attached hydrogens (tertiary/aromatic N) is 1. The number of nitrogens with one attached hydrogen (secondary N) is 1. The van der Waals surface area contributed by atoms with Gasteiger partial charge in [0.15, 0.2) is 6.17 Å². The second-order valence-electron chi connectivity index (χ2n) is 5.16. The van der Waals surface area contributed by atoms with Gasteiger partial charge in [-0.15, -0.1) is 0 Å². The molecule has 1 heterocycles. The van der Waals surface area contributed by atoms with E-state index < -0.39 is 23.9 Å². The molecule has 8 heteroatoms. The first kappa shape index (κ1) is 17.6. The second kappa shape index (κ2) is 7.67. The van der Waals surface area contributed by atoms with E-state index >= 15 is 0 Å². The fourth-order valence-corrected chi connectivity index (χ4v) is 2.44. The number of halogens is 2. The third-order valence-corrected chi connectivity index (χ3v) is 3.85. The summed E-state index contributed by atoms with van der Waals surface area (Å²) in [6.45, 7) is 0.0266. The zero-order chi connectivity index (χ0) is 16.9. The van der Waals surface area contributed by atoms with Crippen LogP contribution in [0.2, 0.25) is 0 Å². The van der Waals surface area contributed by atoms with Crippen molar-refractivity contribution in [2.24, 2.45) is 0 Å². The van der Waals surface area contributed by atoms with Gasteiger partial charge in [-0.3, -0.25) is 5.43 Å². The van der Waals surface area contributed by atoms with Gasteiger partial charge in [-0.25, -0.2) is 18.6 Å². The zero-order valence-electron chi connectivity index (χ0n) is 13.1. The molecule has 1 N–H and O–H groups in total. The largest absolute Gasteiger partial charge is 0.444 e. The quantitative estimate of drug-likeness (QED) is 0.837. The molecule has 1 aliphatic rings. The van der Waals surface area contributed by atoms with Crippen LogP contribution in [0.15, 0.2) is 24.3 Å². The van der Waals surface area contributed by atoms with Crippen LogP contribution < -0.4 is 5.43 Å². The van der Waals surface area contributed by atoms with Gasteiger partial charge >= 0.3 is 6.09 Å². The third kappa shape index (κ3) is 4.15. The van der Waals surface area contributed by atoms with Crippen molar-refractivity contribution < 1.29 is 27.8 Å². The van der Waals surface area contributed by atoms with E-state index in [1.54, 1.807) is 12.1 Å². The molecule has 128 valence electrons. The first-order chi connectivity index (χ1) is 11.0. The number of benzene rings is 1. The third-order valence-electron chi connectivity index (χ3n) is 3.85. The number of alkyl halides is 1. The van der Waals surface area contributed by atoms with Crippen LogP contribution in [-0.2, 0) is 20.8 Å². The highest BCUT2D eigenvalue weighted by atomic mass is 19.1. The fraction of sp³-hybridized carbons (Fsp3) is 0.533. The Kier molecular flexibility index (Phi) is 5.86. The number of hydrogen-bond acceptors (Lipinski definition) is 5. The molecule has 1 fully saturated rings. The molecule has 2 rings (SSSR count). The van der Waals surface area contributed by atoms with Crippen molar-refractivity contribution in [3.05, 3.63) is 35.6 Å². The van der Waals surface area contributed by atoms with Crippen molar-refractivity contribution in [3.8, 4) is 0 Å². The molecule has 1 aromatic carbocycles. The Balaban J connectivity index is 1.82. The van der Waals surface area contributed by atoms with Crippen LogP contribution >= 0.6 is 0 Å². The summed E-state index contributed by atoms with van der Waals surface area (Å²) in [5, 5.41) is 1.38. The van der Waals surface area contributed by atoms with Gasteiger partial charge in [-0.1, -0.05) is 18.2 Å². The van der Waals surface area contributed by atoms with Gasteiger partial charge in [0.2, 0.25) is 5.79 Å². The van der Waals surface area contributed by atoms with E-state index in [2.05, 4.69) is 5.43 Å². The van der Waals surface area contributed by atoms with Crippen molar-refractivity contribution in [3.63, 3.8) is 0 Å². The highest BCUT2D eigenvalue weighted by Gasteiger charge is 2.45. The van der Waals surface area contributed by atoms with E-state index in [0.29, 0.717) is 6.54 Å². The minimum atomic E-state index is -1.43. The summed E-state index contributed by atoms with van der Waals surface area (Å²) in [5.74, 6) is -1.75. The predicted octanol–water partition coefficient (Wildman–Crippen LogP) is 2.00. The molecule has 23 heavy (non-hydrogen) atoms. The average molecular weight is 330 g/mol. The first-order valence-electron chi connectivity index (χ1n) is 7.17. The van der Waals surface area contributed by atoms with Crippen LogP contribution in [0.4, 0.5) is 13.6 Å². The van der Waals surface area contributed by atoms with Gasteiger partial charge in [-0.2, -0.15) is 0 Å². The summed E-state index contributed by atoms with van der Waals surface area (Å²) in [7, 11) is 2.75. The van der Waals surface area contributed by atoms with Crippen LogP contribution in [-0.4, -0.2) is 50.4 Å². The number of ether oxygens (including phenoxy) is 3. The molecule has 1 saturated heterocycles. The van der Waals surface area contributed by atoms with Crippen LogP contribution in [0.3, 0.4) is 0 Å². The number of carbonyl (C=O) groups excluding carboxylic acids is 1. The summed E-state index contributed by atoms with van der Waals surface area (Å²) in [6, 6.07) is 6.00. The topological polar surface area (TPSA) is 60.0 Å². The molecule has 1 aliphatic heterocycles. The number of hydrazine groups is 1. The second-order valence-corrected chi connectivity index (χ2v) is 5.16. The number of hydrogen-bond donors (Lipinski definition) is 1. The Morgan fingerprint density at radius 2 is 2.09 bits per heavy atom. The number of piperidine rings is 1. The maximum atomic E-state index is 14.2. The van der Waals surface area contributed by atoms with E-state index in [-0.39, 0.29) is 25.1 Å². The molecule has 0 aromatic heterocycles. The number of methoxy groups -OCH3 is 2. The number of carbonyl (C=O) groups is 1. The van der Waals surface area contributed by atoms with Crippen LogP contribution in [0.1, 0.15) is 12.0 Å². The monoisotopic (exact) mass is 330 g/mol. The maximum Gasteiger partial charge on any atom is 0.422 e. The summed E-state index contributed by atoms with van der Waals surface area (Å²) in [6.07, 6.45) is -1.96. The SMILES string of the molecule is COC1(OC)CCN(NC(=O)OCc2ccccc2F)CC1F. The van der Waals surface area contributed by atoms with E-state index in [0.717, 1.165) is 0 Å². The van der Waals surface area contributed by atoms with Crippen molar-refractivity contribution >= 4 is 6.09 Å². The van der Waals surface area contributed by atoms with Crippen molar-refractivity contribution in [1.82, 2.24) is 10.4 Å². The lowest BCUT2D eigenvalue weighted by molar-refractivity contribution is -0.264. The Labute approximate surface area is 133 Å². The fourth-order valence-electron chi connectivity index (χ4n) is 2.44. The molecular formula is C15H20F2N2O4. The van der Waals surface area contributed by atoms with Crippen LogP contribution in [0.25, 0.3) is 0 Å². The summed E-state index contributed by atoms with van der Waals surface area (Å²) in [4.78, 5) is 11.7. The molecule has 1 amide bonds. The molecule has 1 aromatic rings. The smallest absolute Gasteiger partial charge is 0.422 e. The van der Waals surface area contributed by atoms with Crippen molar-refractivity contribution in [2.45, 2.75) is 25.0 Å². The zero-order valence-corrected chi connectivity index (χ0v) is 13.1. The van der Waals surface area contributed by atoms with Gasteiger partial charge in [-0.05, 0) is 6.07 Å². The predicted molar refractivity (Wildman–Crippen MR) is 77.6 cm³/mol. The summed E-state index contributed by atoms with van der Waals surface area (Å²) < 4.78 is 42.7. The molecule has 0 saturated carbocycles. The van der Waals surface area contributed by atoms with Crippen molar-refractivity contribution in [2.75, 3.05) is 27.3 Å². The molecule has 1 atom stereocenters. The molecule has 0 radical (unpaired) electrons. The lowest BCUT2D eigenvalue weighted by Crippen LogP contribution is -2.59. The van der Waals surface area contributed by atoms with Gasteiger partial charge in [0.25, 0.3) is 0 Å². The maximum absolute atomic E-state index is 14.2. The van der Waals surface area contributed by atoms with E-state index in [1.807, 2.05) is 0 Å². The van der Waals surface area contributed by atoms with E-state index in [9.17, 15) is 13.6 Å². The van der Waals surface area contributed by atoms with Crippen molar-refractivity contribution in [1.29, 1.82) is 0 Å². The molecule has 6 nitrogen and oxygen atoms in total. The summed E-state index contributed by atoms with van der Waals surface area (Å²) in [5.41, 5.74) is 2.69. The Bertz CT molecular complexity index is 540. The van der Waals surface area contributed by atoms with Gasteiger partial charge in [0, 0.05) is 32.7 Å². The normalized spacial score (nSPS) is 21.0. The molecule has 0 spiro atoms. The first-order valence-corrected chi connectivity index (χ1v) is 7.17. The Hall–Kier alpha value is -1.77. The molecule has 0 bridgehead atoms. The molecule has 1 unspecified atom stereocenters. The van der Waals surface area contributed by atoms with Gasteiger partial charge in [0.1, 0.15) is 12.4 Å². The lowest BCUT2D eigenvalue weighted by atomic mass is 10.0. The average Bonchev–Trinajstić information content (AvgIpc) is 2.55.